The molecule has 1 aliphatic rings. The van der Waals surface area contributed by atoms with Gasteiger partial charge in [0.05, 0.1) is 35.5 Å². The first-order chi connectivity index (χ1) is 15.2. The van der Waals surface area contributed by atoms with E-state index in [-0.39, 0.29) is 13.0 Å². The molecule has 0 saturated heterocycles. The predicted octanol–water partition coefficient (Wildman–Crippen LogP) is 3.89. The van der Waals surface area contributed by atoms with E-state index in [2.05, 4.69) is 5.32 Å². The van der Waals surface area contributed by atoms with Crippen LogP contribution in [0.2, 0.25) is 0 Å². The van der Waals surface area contributed by atoms with Gasteiger partial charge in [0.2, 0.25) is 0 Å². The fourth-order valence-corrected chi connectivity index (χ4v) is 3.77. The van der Waals surface area contributed by atoms with Crippen molar-refractivity contribution in [1.29, 1.82) is 5.26 Å². The molecule has 0 atom stereocenters. The Morgan fingerprint density at radius 3 is 2.90 bits per heavy atom. The molecule has 0 bridgehead atoms. The lowest BCUT2D eigenvalue weighted by Gasteiger charge is -2.22. The summed E-state index contributed by atoms with van der Waals surface area (Å²) in [5.74, 6) is -0.255. The topological polar surface area (TPSA) is 105 Å². The second-order valence-corrected chi connectivity index (χ2v) is 7.20. The number of allylic oxidation sites excluding steroid dienone is 1. The summed E-state index contributed by atoms with van der Waals surface area (Å²) in [4.78, 5) is 29.8. The van der Waals surface area contributed by atoms with Crippen molar-refractivity contribution in [2.75, 3.05) is 13.2 Å². The van der Waals surface area contributed by atoms with Crippen LogP contribution in [0.25, 0.3) is 22.6 Å². The molecule has 1 amide bonds. The summed E-state index contributed by atoms with van der Waals surface area (Å²) < 4.78 is 10.8. The zero-order chi connectivity index (χ0) is 21.6. The Morgan fingerprint density at radius 1 is 1.23 bits per heavy atom. The fraction of sp³-hybridized carbons (Fsp3) is 0.250. The summed E-state index contributed by atoms with van der Waals surface area (Å²) >= 11 is 0. The van der Waals surface area contributed by atoms with E-state index < -0.39 is 18.5 Å². The highest BCUT2D eigenvalue weighted by molar-refractivity contribution is 6.07. The number of carbonyl (C=O) groups excluding carboxylic acids is 2. The number of pyridine rings is 1. The number of hydrogen-bond acceptors (Lipinski definition) is 6. The molecule has 3 aromatic rings. The number of nitriles is 1. The number of hydrogen-bond donors (Lipinski definition) is 1. The van der Waals surface area contributed by atoms with E-state index in [1.54, 1.807) is 6.26 Å². The van der Waals surface area contributed by atoms with E-state index in [9.17, 15) is 9.59 Å². The molecule has 7 heteroatoms. The van der Waals surface area contributed by atoms with Crippen LogP contribution in [0, 0.1) is 11.3 Å². The maximum Gasteiger partial charge on any atom is 0.339 e. The molecule has 1 aromatic carbocycles. The van der Waals surface area contributed by atoms with Gasteiger partial charge in [-0.15, -0.1) is 0 Å². The van der Waals surface area contributed by atoms with Gasteiger partial charge < -0.3 is 14.5 Å². The Labute approximate surface area is 179 Å². The van der Waals surface area contributed by atoms with Crippen LogP contribution in [0.15, 0.2) is 47.1 Å². The van der Waals surface area contributed by atoms with Crippen molar-refractivity contribution in [3.63, 3.8) is 0 Å². The van der Waals surface area contributed by atoms with Gasteiger partial charge in [-0.1, -0.05) is 18.2 Å². The summed E-state index contributed by atoms with van der Waals surface area (Å²) in [6, 6.07) is 13.1. The Morgan fingerprint density at radius 2 is 2.10 bits per heavy atom. The molecule has 31 heavy (non-hydrogen) atoms. The number of rotatable bonds is 6. The third kappa shape index (κ3) is 4.48. The zero-order valence-corrected chi connectivity index (χ0v) is 16.9. The molecule has 1 N–H and O–H groups in total. The summed E-state index contributed by atoms with van der Waals surface area (Å²) in [6.45, 7) is -0.174. The monoisotopic (exact) mass is 415 g/mol. The number of para-hydroxylation sites is 1. The molecule has 156 valence electrons. The van der Waals surface area contributed by atoms with Crippen LogP contribution < -0.4 is 5.32 Å². The van der Waals surface area contributed by atoms with Crippen molar-refractivity contribution in [3.8, 4) is 6.07 Å². The van der Waals surface area contributed by atoms with Crippen molar-refractivity contribution in [1.82, 2.24) is 10.3 Å². The van der Waals surface area contributed by atoms with Crippen LogP contribution in [0.3, 0.4) is 0 Å². The van der Waals surface area contributed by atoms with Gasteiger partial charge in [-0.2, -0.15) is 5.26 Å². The number of amides is 1. The van der Waals surface area contributed by atoms with Crippen molar-refractivity contribution < 1.29 is 18.7 Å². The number of nitrogens with zero attached hydrogens (tertiary/aromatic N) is 2. The lowest BCUT2D eigenvalue weighted by molar-refractivity contribution is -0.124. The third-order valence-electron chi connectivity index (χ3n) is 5.13. The highest BCUT2D eigenvalue weighted by atomic mass is 16.5. The summed E-state index contributed by atoms with van der Waals surface area (Å²) in [6.07, 6.45) is 6.17. The maximum atomic E-state index is 13.1. The highest BCUT2D eigenvalue weighted by Crippen LogP contribution is 2.36. The second kappa shape index (κ2) is 9.26. The van der Waals surface area contributed by atoms with E-state index in [1.807, 2.05) is 48.5 Å². The van der Waals surface area contributed by atoms with Crippen molar-refractivity contribution >= 4 is 34.4 Å². The number of carbonyl (C=O) groups is 2. The van der Waals surface area contributed by atoms with Gasteiger partial charge in [0.25, 0.3) is 5.91 Å². The van der Waals surface area contributed by atoms with Crippen LogP contribution in [0.1, 0.15) is 46.6 Å². The molecule has 2 heterocycles. The molecular formula is C24H21N3O4. The van der Waals surface area contributed by atoms with Gasteiger partial charge in [0, 0.05) is 11.9 Å². The fourth-order valence-electron chi connectivity index (χ4n) is 3.77. The number of nitrogens with one attached hydrogen (secondary N) is 1. The molecule has 4 rings (SSSR count). The Balaban J connectivity index is 1.69. The van der Waals surface area contributed by atoms with E-state index in [0.29, 0.717) is 22.9 Å². The summed E-state index contributed by atoms with van der Waals surface area (Å²) in [7, 11) is 0. The van der Waals surface area contributed by atoms with Crippen LogP contribution in [0.4, 0.5) is 0 Å². The lowest BCUT2D eigenvalue weighted by atomic mass is 9.86. The molecule has 0 unspecified atom stereocenters. The zero-order valence-electron chi connectivity index (χ0n) is 16.9. The second-order valence-electron chi connectivity index (χ2n) is 7.20. The number of esters is 1. The first-order valence-electron chi connectivity index (χ1n) is 10.1. The summed E-state index contributed by atoms with van der Waals surface area (Å²) in [5, 5.41) is 11.8. The first-order valence-corrected chi connectivity index (χ1v) is 10.1. The molecule has 2 aromatic heterocycles. The van der Waals surface area contributed by atoms with Crippen LogP contribution in [0.5, 0.6) is 0 Å². The van der Waals surface area contributed by atoms with E-state index in [0.717, 1.165) is 35.4 Å². The number of aromatic nitrogens is 1. The molecular weight excluding hydrogens is 394 g/mol. The normalized spacial score (nSPS) is 14.1. The maximum absolute atomic E-state index is 13.1. The smallest absolute Gasteiger partial charge is 0.339 e. The SMILES string of the molecule is N#CCCNC(=O)COC(=O)c1c2c(nc3ccccc13)/C(=C/c1ccco1)CCC2. The van der Waals surface area contributed by atoms with E-state index >= 15 is 0 Å². The largest absolute Gasteiger partial charge is 0.465 e. The number of ether oxygens (including phenoxy) is 1. The third-order valence-corrected chi connectivity index (χ3v) is 5.13. The average Bonchev–Trinajstić information content (AvgIpc) is 3.29. The molecule has 1 aliphatic carbocycles. The van der Waals surface area contributed by atoms with Gasteiger partial charge in [-0.25, -0.2) is 9.78 Å². The Bertz CT molecular complexity index is 1190. The average molecular weight is 415 g/mol. The molecule has 0 aliphatic heterocycles. The van der Waals surface area contributed by atoms with Crippen LogP contribution in [-0.4, -0.2) is 30.0 Å². The molecule has 0 radical (unpaired) electrons. The van der Waals surface area contributed by atoms with Crippen molar-refractivity contribution in [2.24, 2.45) is 0 Å². The number of furan rings is 1. The summed E-state index contributed by atoms with van der Waals surface area (Å²) in [5.41, 5.74) is 3.75. The van der Waals surface area contributed by atoms with E-state index in [1.165, 1.54) is 0 Å². The van der Waals surface area contributed by atoms with Crippen LogP contribution in [-0.2, 0) is 16.0 Å². The minimum atomic E-state index is -0.551. The van der Waals surface area contributed by atoms with E-state index in [4.69, 9.17) is 19.4 Å². The number of benzene rings is 1. The standard InChI is InChI=1S/C24H21N3O4/c25-11-5-12-26-21(28)15-31-24(29)22-18-8-1-2-10-20(18)27-23-16(6-3-9-19(22)23)14-17-7-4-13-30-17/h1-2,4,7-8,10,13-14H,3,5-6,9,12,15H2,(H,26,28)/b16-14+. The van der Waals surface area contributed by atoms with Crippen molar-refractivity contribution in [2.45, 2.75) is 25.7 Å². The lowest BCUT2D eigenvalue weighted by Crippen LogP contribution is -2.29. The minimum Gasteiger partial charge on any atom is -0.465 e. The number of fused-ring (bicyclic) bond motifs is 2. The van der Waals surface area contributed by atoms with Gasteiger partial charge >= 0.3 is 5.97 Å². The minimum absolute atomic E-state index is 0.201. The van der Waals surface area contributed by atoms with Gasteiger partial charge in [0.15, 0.2) is 6.61 Å². The quantitative estimate of drug-likeness (QED) is 0.484. The van der Waals surface area contributed by atoms with Gasteiger partial charge in [-0.05, 0) is 54.7 Å². The van der Waals surface area contributed by atoms with Crippen LogP contribution >= 0.6 is 0 Å². The molecule has 0 saturated carbocycles. The van der Waals surface area contributed by atoms with Gasteiger partial charge in [0.1, 0.15) is 5.76 Å². The molecule has 0 fully saturated rings. The Kier molecular flexibility index (Phi) is 6.08. The molecule has 0 spiro atoms. The first kappa shape index (κ1) is 20.4. The Hall–Kier alpha value is -3.92. The highest BCUT2D eigenvalue weighted by Gasteiger charge is 2.26. The predicted molar refractivity (Wildman–Crippen MR) is 115 cm³/mol. The molecule has 7 nitrogen and oxygen atoms in total. The van der Waals surface area contributed by atoms with Crippen molar-refractivity contribution in [3.05, 3.63) is 65.2 Å². The van der Waals surface area contributed by atoms with Gasteiger partial charge in [-0.3, -0.25) is 4.79 Å².